The number of aromatic nitrogens is 2. The van der Waals surface area contributed by atoms with Crippen LogP contribution in [0.3, 0.4) is 0 Å². The molecule has 3 atom stereocenters. The molecular formula is C23H31N3O3Si. The summed E-state index contributed by atoms with van der Waals surface area (Å²) in [4.78, 5) is 23.5. The van der Waals surface area contributed by atoms with Crippen molar-refractivity contribution in [1.29, 1.82) is 0 Å². The number of fused-ring (bicyclic) bond motifs is 1. The first-order valence-electron chi connectivity index (χ1n) is 10.6. The Morgan fingerprint density at radius 1 is 1.13 bits per heavy atom. The first-order chi connectivity index (χ1) is 14.0. The lowest BCUT2D eigenvalue weighted by Crippen LogP contribution is -2.43. The number of hydrogen-bond donors (Lipinski definition) is 0. The Kier molecular flexibility index (Phi) is 5.12. The van der Waals surface area contributed by atoms with Crippen LogP contribution in [0.1, 0.15) is 38.1 Å². The number of rotatable bonds is 4. The monoisotopic (exact) mass is 425 g/mol. The van der Waals surface area contributed by atoms with Crippen LogP contribution in [0.2, 0.25) is 18.1 Å². The predicted octanol–water partition coefficient (Wildman–Crippen LogP) is 4.52. The highest BCUT2D eigenvalue weighted by Gasteiger charge is 2.51. The van der Waals surface area contributed by atoms with Crippen molar-refractivity contribution in [2.75, 3.05) is 18.0 Å². The maximum absolute atomic E-state index is 12.5. The molecule has 1 aromatic carbocycles. The highest BCUT2D eigenvalue weighted by atomic mass is 28.4. The molecule has 2 aliphatic rings. The Bertz CT molecular complexity index is 939. The van der Waals surface area contributed by atoms with Crippen molar-refractivity contribution >= 4 is 20.2 Å². The number of aryl methyl sites for hydroxylation is 1. The molecule has 6 nitrogen and oxygen atoms in total. The van der Waals surface area contributed by atoms with E-state index >= 15 is 0 Å². The number of nitrogens with zero attached hydrogens (tertiary/aromatic N) is 3. The maximum Gasteiger partial charge on any atom is 0.311 e. The van der Waals surface area contributed by atoms with Gasteiger partial charge in [0, 0.05) is 30.9 Å². The Morgan fingerprint density at radius 2 is 1.83 bits per heavy atom. The lowest BCUT2D eigenvalue weighted by molar-refractivity contribution is -0.144. The van der Waals surface area contributed by atoms with Gasteiger partial charge in [-0.05, 0) is 48.8 Å². The summed E-state index contributed by atoms with van der Waals surface area (Å²) in [5.41, 5.74) is 1.94. The molecule has 2 fully saturated rings. The Labute approximate surface area is 179 Å². The predicted molar refractivity (Wildman–Crippen MR) is 119 cm³/mol. The zero-order chi connectivity index (χ0) is 21.7. The van der Waals surface area contributed by atoms with E-state index in [1.807, 2.05) is 37.3 Å². The Morgan fingerprint density at radius 3 is 2.47 bits per heavy atom. The van der Waals surface area contributed by atoms with Gasteiger partial charge in [0.1, 0.15) is 11.9 Å². The number of anilines is 1. The molecule has 0 N–H and O–H groups in total. The average molecular weight is 426 g/mol. The van der Waals surface area contributed by atoms with Gasteiger partial charge in [-0.2, -0.15) is 0 Å². The van der Waals surface area contributed by atoms with Gasteiger partial charge in [-0.1, -0.05) is 32.9 Å². The van der Waals surface area contributed by atoms with E-state index in [1.54, 1.807) is 6.20 Å². The molecule has 1 aromatic heterocycles. The minimum atomic E-state index is -1.88. The summed E-state index contributed by atoms with van der Waals surface area (Å²) in [6.45, 7) is 14.4. The molecule has 3 heterocycles. The molecule has 0 aliphatic carbocycles. The smallest absolute Gasteiger partial charge is 0.311 e. The number of benzene rings is 1. The number of esters is 1. The first-order valence-corrected chi connectivity index (χ1v) is 13.5. The molecule has 0 amide bonds. The number of ether oxygens (including phenoxy) is 1. The fourth-order valence-electron chi connectivity index (χ4n) is 3.92. The van der Waals surface area contributed by atoms with E-state index in [9.17, 15) is 4.79 Å². The van der Waals surface area contributed by atoms with E-state index in [0.29, 0.717) is 19.0 Å². The number of carbonyl (C=O) groups is 1. The summed E-state index contributed by atoms with van der Waals surface area (Å²) in [5, 5.41) is 0.144. The summed E-state index contributed by atoms with van der Waals surface area (Å²) in [6, 6.07) is 9.97. The molecule has 2 aliphatic heterocycles. The fourth-order valence-corrected chi connectivity index (χ4v) is 4.96. The van der Waals surface area contributed by atoms with Gasteiger partial charge in [0.2, 0.25) is 14.3 Å². The first kappa shape index (κ1) is 20.8. The second kappa shape index (κ2) is 7.37. The van der Waals surface area contributed by atoms with Gasteiger partial charge in [-0.3, -0.25) is 4.79 Å². The summed E-state index contributed by atoms with van der Waals surface area (Å²) in [6.07, 6.45) is 1.53. The van der Waals surface area contributed by atoms with E-state index in [-0.39, 0.29) is 28.9 Å². The second-order valence-electron chi connectivity index (χ2n) is 9.96. The van der Waals surface area contributed by atoms with Crippen LogP contribution in [0.5, 0.6) is 5.75 Å². The van der Waals surface area contributed by atoms with E-state index in [4.69, 9.17) is 9.16 Å². The molecule has 0 bridgehead atoms. The number of hydrogen-bond acceptors (Lipinski definition) is 6. The van der Waals surface area contributed by atoms with Crippen LogP contribution in [0.15, 0.2) is 36.5 Å². The van der Waals surface area contributed by atoms with Crippen molar-refractivity contribution in [2.24, 2.45) is 11.8 Å². The molecule has 4 rings (SSSR count). The SMILES string of the molecule is Cc1ccnc(N2C[C@@H]3C(=O)OC(c4ccc(O[Si](C)(C)C(C)(C)C)cc4)[C@@H]3C2)n1. The molecular weight excluding hydrogens is 394 g/mol. The average Bonchev–Trinajstić information content (AvgIpc) is 3.22. The van der Waals surface area contributed by atoms with E-state index in [2.05, 4.69) is 48.7 Å². The summed E-state index contributed by atoms with van der Waals surface area (Å²) in [7, 11) is -1.88. The lowest BCUT2D eigenvalue weighted by Gasteiger charge is -2.36. The molecule has 30 heavy (non-hydrogen) atoms. The van der Waals surface area contributed by atoms with Crippen LogP contribution in [0.25, 0.3) is 0 Å². The van der Waals surface area contributed by atoms with Crippen LogP contribution in [0, 0.1) is 18.8 Å². The normalized spacial score (nSPS) is 24.0. The Hall–Kier alpha value is -2.41. The van der Waals surface area contributed by atoms with Gasteiger partial charge in [-0.15, -0.1) is 0 Å². The standard InChI is InChI=1S/C23H31N3O3Si/c1-15-11-12-24-22(25-15)26-13-18-19(14-26)21(27)28-20(18)16-7-9-17(10-8-16)29-30(5,6)23(2,3)4/h7-12,18-20H,13-14H2,1-6H3/t18-,19+,20?/m1/s1. The third-order valence-corrected chi connectivity index (χ3v) is 11.1. The molecule has 0 saturated carbocycles. The van der Waals surface area contributed by atoms with Crippen molar-refractivity contribution in [2.45, 2.75) is 51.9 Å². The van der Waals surface area contributed by atoms with Gasteiger partial charge in [0.05, 0.1) is 5.92 Å². The van der Waals surface area contributed by atoms with E-state index < -0.39 is 8.32 Å². The van der Waals surface area contributed by atoms with Crippen LogP contribution < -0.4 is 9.33 Å². The highest BCUT2D eigenvalue weighted by Crippen LogP contribution is 2.45. The topological polar surface area (TPSA) is 64.6 Å². The van der Waals surface area contributed by atoms with Crippen molar-refractivity contribution in [1.82, 2.24) is 9.97 Å². The summed E-state index contributed by atoms with van der Waals surface area (Å²) < 4.78 is 12.2. The van der Waals surface area contributed by atoms with Crippen LogP contribution in [-0.2, 0) is 9.53 Å². The van der Waals surface area contributed by atoms with E-state index in [1.165, 1.54) is 0 Å². The third kappa shape index (κ3) is 3.83. The van der Waals surface area contributed by atoms with Crippen LogP contribution >= 0.6 is 0 Å². The molecule has 2 aromatic rings. The number of cyclic esters (lactones) is 1. The molecule has 1 unspecified atom stereocenters. The third-order valence-electron chi connectivity index (χ3n) is 6.75. The van der Waals surface area contributed by atoms with Crippen molar-refractivity contribution < 1.29 is 14.0 Å². The van der Waals surface area contributed by atoms with Gasteiger partial charge in [0.15, 0.2) is 0 Å². The van der Waals surface area contributed by atoms with Crippen molar-refractivity contribution in [3.05, 3.63) is 47.8 Å². The zero-order valence-electron chi connectivity index (χ0n) is 18.7. The maximum atomic E-state index is 12.5. The van der Waals surface area contributed by atoms with Crippen LogP contribution in [-0.4, -0.2) is 37.3 Å². The number of carbonyl (C=O) groups excluding carboxylic acids is 1. The van der Waals surface area contributed by atoms with E-state index in [0.717, 1.165) is 17.0 Å². The van der Waals surface area contributed by atoms with Gasteiger partial charge in [0.25, 0.3) is 0 Å². The minimum Gasteiger partial charge on any atom is -0.544 e. The van der Waals surface area contributed by atoms with Gasteiger partial charge >= 0.3 is 5.97 Å². The quantitative estimate of drug-likeness (QED) is 0.530. The van der Waals surface area contributed by atoms with Crippen LogP contribution in [0.4, 0.5) is 5.95 Å². The van der Waals surface area contributed by atoms with Crippen molar-refractivity contribution in [3.8, 4) is 5.75 Å². The molecule has 7 heteroatoms. The summed E-state index contributed by atoms with van der Waals surface area (Å²) >= 11 is 0. The largest absolute Gasteiger partial charge is 0.544 e. The second-order valence-corrected chi connectivity index (χ2v) is 14.7. The molecule has 0 spiro atoms. The molecule has 0 radical (unpaired) electrons. The molecule has 160 valence electrons. The fraction of sp³-hybridized carbons (Fsp3) is 0.522. The Balaban J connectivity index is 1.50. The van der Waals surface area contributed by atoms with Gasteiger partial charge in [-0.25, -0.2) is 9.97 Å². The molecule has 2 saturated heterocycles. The minimum absolute atomic E-state index is 0.105. The van der Waals surface area contributed by atoms with Crippen molar-refractivity contribution in [3.63, 3.8) is 0 Å². The lowest BCUT2D eigenvalue weighted by atomic mass is 9.90. The zero-order valence-corrected chi connectivity index (χ0v) is 19.7. The highest BCUT2D eigenvalue weighted by molar-refractivity contribution is 6.74. The van der Waals surface area contributed by atoms with Gasteiger partial charge < -0.3 is 14.1 Å². The summed E-state index contributed by atoms with van der Waals surface area (Å²) in [5.74, 6) is 1.42.